The van der Waals surface area contributed by atoms with Crippen molar-refractivity contribution in [3.05, 3.63) is 54.1 Å². The van der Waals surface area contributed by atoms with Gasteiger partial charge in [0.25, 0.3) is 0 Å². The van der Waals surface area contributed by atoms with E-state index in [-0.39, 0.29) is 0 Å². The highest BCUT2D eigenvalue weighted by Crippen LogP contribution is 2.16. The summed E-state index contributed by atoms with van der Waals surface area (Å²) in [5.41, 5.74) is 3.24. The lowest BCUT2D eigenvalue weighted by Crippen LogP contribution is -2.00. The second-order valence-corrected chi connectivity index (χ2v) is 4.62. The molecule has 0 unspecified atom stereocenters. The van der Waals surface area contributed by atoms with Gasteiger partial charge >= 0.3 is 0 Å². The summed E-state index contributed by atoms with van der Waals surface area (Å²) in [5.74, 6) is 1.36. The van der Waals surface area contributed by atoms with E-state index in [9.17, 15) is 5.11 Å². The highest BCUT2D eigenvalue weighted by molar-refractivity contribution is 5.74. The number of hydrogen-bond acceptors (Lipinski definition) is 3. The first kappa shape index (κ1) is 11.7. The normalized spacial score (nSPS) is 11.0. The molecule has 0 saturated heterocycles. The largest absolute Gasteiger partial charge is 0.508 e. The molecule has 0 aliphatic rings. The molecular formula is C15H15N3O. The van der Waals surface area contributed by atoms with Crippen molar-refractivity contribution >= 4 is 11.0 Å². The lowest BCUT2D eigenvalue weighted by Gasteiger charge is -2.03. The second kappa shape index (κ2) is 4.72. The number of phenols is 1. The van der Waals surface area contributed by atoms with E-state index in [1.165, 1.54) is 5.56 Å². The first-order valence-corrected chi connectivity index (χ1v) is 6.27. The van der Waals surface area contributed by atoms with Crippen LogP contribution in [0.4, 0.5) is 0 Å². The SMILES string of the molecule is Cn1c(CCc2ccc(O)cc2)nc2cnccc21. The van der Waals surface area contributed by atoms with E-state index in [1.54, 1.807) is 24.5 Å². The summed E-state index contributed by atoms with van der Waals surface area (Å²) in [5, 5.41) is 9.26. The molecular weight excluding hydrogens is 238 g/mol. The number of rotatable bonds is 3. The summed E-state index contributed by atoms with van der Waals surface area (Å²) in [4.78, 5) is 8.69. The van der Waals surface area contributed by atoms with Crippen molar-refractivity contribution in [3.63, 3.8) is 0 Å². The maximum absolute atomic E-state index is 9.26. The number of aryl methyl sites for hydroxylation is 3. The third-order valence-electron chi connectivity index (χ3n) is 3.35. The molecule has 96 valence electrons. The summed E-state index contributed by atoms with van der Waals surface area (Å²) in [7, 11) is 2.03. The summed E-state index contributed by atoms with van der Waals surface area (Å²) in [6.07, 6.45) is 5.36. The maximum atomic E-state index is 9.26. The maximum Gasteiger partial charge on any atom is 0.115 e. The minimum atomic E-state index is 0.303. The topological polar surface area (TPSA) is 50.9 Å². The molecule has 0 radical (unpaired) electrons. The van der Waals surface area contributed by atoms with Crippen LogP contribution in [0.15, 0.2) is 42.7 Å². The average Bonchev–Trinajstić information content (AvgIpc) is 2.76. The van der Waals surface area contributed by atoms with E-state index < -0.39 is 0 Å². The molecule has 0 fully saturated rings. The number of hydrogen-bond donors (Lipinski definition) is 1. The van der Waals surface area contributed by atoms with Crippen molar-refractivity contribution in [2.24, 2.45) is 7.05 Å². The standard InChI is InChI=1S/C15H15N3O/c1-18-14-8-9-16-10-13(14)17-15(18)7-4-11-2-5-12(19)6-3-11/h2-3,5-6,8-10,19H,4,7H2,1H3. The number of fused-ring (bicyclic) bond motifs is 1. The molecule has 2 aromatic heterocycles. The first-order valence-electron chi connectivity index (χ1n) is 6.27. The van der Waals surface area contributed by atoms with E-state index in [0.29, 0.717) is 5.75 Å². The molecule has 19 heavy (non-hydrogen) atoms. The smallest absolute Gasteiger partial charge is 0.115 e. The Bertz CT molecular complexity index is 701. The fraction of sp³-hybridized carbons (Fsp3) is 0.200. The monoisotopic (exact) mass is 253 g/mol. The molecule has 0 aliphatic carbocycles. The number of phenolic OH excluding ortho intramolecular Hbond substituents is 1. The number of pyridine rings is 1. The zero-order valence-electron chi connectivity index (χ0n) is 10.7. The Morgan fingerprint density at radius 3 is 2.63 bits per heavy atom. The highest BCUT2D eigenvalue weighted by atomic mass is 16.3. The van der Waals surface area contributed by atoms with Crippen molar-refractivity contribution in [3.8, 4) is 5.75 Å². The van der Waals surface area contributed by atoms with Crippen LogP contribution < -0.4 is 0 Å². The lowest BCUT2D eigenvalue weighted by molar-refractivity contribution is 0.475. The predicted octanol–water partition coefficient (Wildman–Crippen LogP) is 2.46. The van der Waals surface area contributed by atoms with Gasteiger partial charge < -0.3 is 9.67 Å². The van der Waals surface area contributed by atoms with Crippen molar-refractivity contribution in [2.75, 3.05) is 0 Å². The molecule has 4 nitrogen and oxygen atoms in total. The molecule has 1 aromatic carbocycles. The Morgan fingerprint density at radius 1 is 1.11 bits per heavy atom. The summed E-state index contributed by atoms with van der Waals surface area (Å²) >= 11 is 0. The van der Waals surface area contributed by atoms with Gasteiger partial charge in [0.15, 0.2) is 0 Å². The van der Waals surface area contributed by atoms with Crippen molar-refractivity contribution in [1.82, 2.24) is 14.5 Å². The van der Waals surface area contributed by atoms with Crippen LogP contribution in [0.3, 0.4) is 0 Å². The molecule has 0 aliphatic heterocycles. The Kier molecular flexibility index (Phi) is 2.91. The Balaban J connectivity index is 1.82. The Morgan fingerprint density at radius 2 is 1.89 bits per heavy atom. The summed E-state index contributed by atoms with van der Waals surface area (Å²) < 4.78 is 2.11. The van der Waals surface area contributed by atoms with Gasteiger partial charge in [-0.1, -0.05) is 12.1 Å². The second-order valence-electron chi connectivity index (χ2n) is 4.62. The minimum Gasteiger partial charge on any atom is -0.508 e. The number of aromatic nitrogens is 3. The lowest BCUT2D eigenvalue weighted by atomic mass is 10.1. The molecule has 0 atom stereocenters. The fourth-order valence-corrected chi connectivity index (χ4v) is 2.24. The zero-order valence-corrected chi connectivity index (χ0v) is 10.7. The molecule has 0 amide bonds. The van der Waals surface area contributed by atoms with E-state index >= 15 is 0 Å². The van der Waals surface area contributed by atoms with Crippen LogP contribution in [0.5, 0.6) is 5.75 Å². The van der Waals surface area contributed by atoms with Crippen molar-refractivity contribution in [2.45, 2.75) is 12.8 Å². The van der Waals surface area contributed by atoms with Crippen LogP contribution in [-0.2, 0) is 19.9 Å². The number of nitrogens with zero attached hydrogens (tertiary/aromatic N) is 3. The van der Waals surface area contributed by atoms with Crippen LogP contribution in [0.2, 0.25) is 0 Å². The van der Waals surface area contributed by atoms with Gasteiger partial charge in [-0.05, 0) is 30.2 Å². The first-order chi connectivity index (χ1) is 9.24. The van der Waals surface area contributed by atoms with Gasteiger partial charge in [-0.15, -0.1) is 0 Å². The van der Waals surface area contributed by atoms with E-state index in [1.807, 2.05) is 25.2 Å². The van der Waals surface area contributed by atoms with Gasteiger partial charge in [0, 0.05) is 19.7 Å². The number of aromatic hydroxyl groups is 1. The third-order valence-corrected chi connectivity index (χ3v) is 3.35. The molecule has 0 saturated carbocycles. The molecule has 4 heteroatoms. The fourth-order valence-electron chi connectivity index (χ4n) is 2.24. The van der Waals surface area contributed by atoms with E-state index in [2.05, 4.69) is 14.5 Å². The molecule has 0 bridgehead atoms. The van der Waals surface area contributed by atoms with Gasteiger partial charge in [0.1, 0.15) is 17.1 Å². The minimum absolute atomic E-state index is 0.303. The number of benzene rings is 1. The van der Waals surface area contributed by atoms with Crippen LogP contribution in [0.1, 0.15) is 11.4 Å². The Labute approximate surface area is 111 Å². The molecule has 1 N–H and O–H groups in total. The quantitative estimate of drug-likeness (QED) is 0.780. The number of imidazole rings is 1. The van der Waals surface area contributed by atoms with Crippen LogP contribution in [0.25, 0.3) is 11.0 Å². The van der Waals surface area contributed by atoms with E-state index in [4.69, 9.17) is 0 Å². The zero-order chi connectivity index (χ0) is 13.2. The molecule has 3 aromatic rings. The summed E-state index contributed by atoms with van der Waals surface area (Å²) in [6.45, 7) is 0. The van der Waals surface area contributed by atoms with E-state index in [0.717, 1.165) is 29.7 Å². The van der Waals surface area contributed by atoms with Crippen molar-refractivity contribution in [1.29, 1.82) is 0 Å². The van der Waals surface area contributed by atoms with Crippen molar-refractivity contribution < 1.29 is 5.11 Å². The van der Waals surface area contributed by atoms with Gasteiger partial charge in [-0.25, -0.2) is 4.98 Å². The van der Waals surface area contributed by atoms with Crippen LogP contribution in [0, 0.1) is 0 Å². The summed E-state index contributed by atoms with van der Waals surface area (Å²) in [6, 6.07) is 9.30. The van der Waals surface area contributed by atoms with Crippen LogP contribution >= 0.6 is 0 Å². The average molecular weight is 253 g/mol. The van der Waals surface area contributed by atoms with Gasteiger partial charge in [0.05, 0.1) is 11.7 Å². The molecule has 0 spiro atoms. The van der Waals surface area contributed by atoms with Crippen LogP contribution in [-0.4, -0.2) is 19.6 Å². The Hall–Kier alpha value is -2.36. The highest BCUT2D eigenvalue weighted by Gasteiger charge is 2.07. The van der Waals surface area contributed by atoms with Gasteiger partial charge in [-0.3, -0.25) is 4.98 Å². The van der Waals surface area contributed by atoms with Gasteiger partial charge in [0.2, 0.25) is 0 Å². The third kappa shape index (κ3) is 2.29. The predicted molar refractivity (Wildman–Crippen MR) is 74.0 cm³/mol. The molecule has 3 rings (SSSR count). The molecule has 2 heterocycles. The van der Waals surface area contributed by atoms with Gasteiger partial charge in [-0.2, -0.15) is 0 Å².